The summed E-state index contributed by atoms with van der Waals surface area (Å²) < 4.78 is 148. The summed E-state index contributed by atoms with van der Waals surface area (Å²) in [5.74, 6) is -27.7. The molecule has 5 rings (SSSR count). The molecule has 0 atom stereocenters. The fourth-order valence-electron chi connectivity index (χ4n) is 4.61. The fraction of sp³-hybridized carbons (Fsp3) is 0.0667. The Kier molecular flexibility index (Phi) is 7.93. The first-order valence-corrected chi connectivity index (χ1v) is 12.1. The van der Waals surface area contributed by atoms with Gasteiger partial charge in [0.25, 0.3) is 0 Å². The number of esters is 2. The highest BCUT2D eigenvalue weighted by Crippen LogP contribution is 2.35. The highest BCUT2D eigenvalue weighted by molar-refractivity contribution is 6.06. The van der Waals surface area contributed by atoms with Crippen LogP contribution in [0.15, 0.2) is 48.5 Å². The van der Waals surface area contributed by atoms with E-state index in [2.05, 4.69) is 0 Å². The van der Waals surface area contributed by atoms with Gasteiger partial charge in [0.15, 0.2) is 46.5 Å². The summed E-state index contributed by atoms with van der Waals surface area (Å²) in [6.07, 6.45) is 0. The number of carbonyl (C=O) groups is 2. The second kappa shape index (κ2) is 11.5. The van der Waals surface area contributed by atoms with Gasteiger partial charge in [-0.25, -0.2) is 53.5 Å². The third-order valence-corrected chi connectivity index (χ3v) is 6.68. The number of hydrogen-bond donors (Lipinski definition) is 0. The molecule has 0 aliphatic carbocycles. The second-order valence-electron chi connectivity index (χ2n) is 9.09. The van der Waals surface area contributed by atoms with Gasteiger partial charge in [-0.2, -0.15) is 0 Å². The third-order valence-electron chi connectivity index (χ3n) is 6.68. The summed E-state index contributed by atoms with van der Waals surface area (Å²) in [6, 6.07) is 11.9. The topological polar surface area (TPSA) is 52.6 Å². The summed E-state index contributed by atoms with van der Waals surface area (Å²) in [5.41, 5.74) is -3.29. The van der Waals surface area contributed by atoms with Gasteiger partial charge in [0, 0.05) is 11.1 Å². The van der Waals surface area contributed by atoms with Crippen molar-refractivity contribution in [3.8, 4) is 0 Å². The van der Waals surface area contributed by atoms with Crippen LogP contribution in [0.5, 0.6) is 0 Å². The van der Waals surface area contributed by atoms with Gasteiger partial charge in [0.05, 0.1) is 0 Å². The van der Waals surface area contributed by atoms with E-state index in [0.717, 1.165) is 0 Å². The van der Waals surface area contributed by atoms with Crippen LogP contribution in [-0.4, -0.2) is 11.9 Å². The number of rotatable bonds is 6. The first kappa shape index (κ1) is 30.3. The SMILES string of the molecule is O=C(OCc1c2ccccc2c(COC(=O)c2c(F)c(F)c(F)c(F)c2F)c2ccccc12)c1c(F)c(F)c(F)c(F)c1F. The Balaban J connectivity index is 1.54. The molecule has 0 saturated carbocycles. The zero-order valence-corrected chi connectivity index (χ0v) is 21.4. The van der Waals surface area contributed by atoms with Crippen molar-refractivity contribution in [3.05, 3.63) is 129 Å². The first-order chi connectivity index (χ1) is 20.9. The van der Waals surface area contributed by atoms with Crippen LogP contribution < -0.4 is 0 Å². The molecule has 0 heterocycles. The monoisotopic (exact) mass is 626 g/mol. The Labute approximate surface area is 239 Å². The average Bonchev–Trinajstić information content (AvgIpc) is 3.02. The van der Waals surface area contributed by atoms with E-state index in [0.29, 0.717) is 0 Å². The minimum absolute atomic E-state index is 0.170. The highest BCUT2D eigenvalue weighted by Gasteiger charge is 2.32. The summed E-state index contributed by atoms with van der Waals surface area (Å²) in [6.45, 7) is -1.52. The van der Waals surface area contributed by atoms with Crippen molar-refractivity contribution in [2.24, 2.45) is 0 Å². The molecule has 0 radical (unpaired) electrons. The predicted octanol–water partition coefficient (Wildman–Crippen LogP) is 8.10. The molecule has 0 aliphatic heterocycles. The van der Waals surface area contributed by atoms with Gasteiger partial charge in [-0.1, -0.05) is 48.5 Å². The predicted molar refractivity (Wildman–Crippen MR) is 132 cm³/mol. The molecule has 4 nitrogen and oxygen atoms in total. The summed E-state index contributed by atoms with van der Waals surface area (Å²) in [5, 5.41) is 1.05. The molecule has 0 amide bonds. The number of hydrogen-bond acceptors (Lipinski definition) is 4. The molecule has 44 heavy (non-hydrogen) atoms. The maximum absolute atomic E-state index is 14.2. The van der Waals surface area contributed by atoms with Gasteiger partial charge in [0.2, 0.25) is 11.6 Å². The van der Waals surface area contributed by atoms with Gasteiger partial charge in [-0.05, 0) is 21.5 Å². The van der Waals surface area contributed by atoms with E-state index in [1.165, 1.54) is 48.5 Å². The normalized spacial score (nSPS) is 11.3. The maximum atomic E-state index is 14.2. The Morgan fingerprint density at radius 2 is 0.636 bits per heavy atom. The van der Waals surface area contributed by atoms with Crippen LogP contribution in [0.3, 0.4) is 0 Å². The lowest BCUT2D eigenvalue weighted by atomic mass is 9.92. The number of benzene rings is 5. The van der Waals surface area contributed by atoms with E-state index < -0.39 is 94.5 Å². The summed E-state index contributed by atoms with van der Waals surface area (Å²) in [7, 11) is 0. The van der Waals surface area contributed by atoms with Crippen LogP contribution in [-0.2, 0) is 22.7 Å². The van der Waals surface area contributed by atoms with Crippen molar-refractivity contribution in [2.45, 2.75) is 13.2 Å². The summed E-state index contributed by atoms with van der Waals surface area (Å²) in [4.78, 5) is 25.0. The van der Waals surface area contributed by atoms with Gasteiger partial charge >= 0.3 is 11.9 Å². The van der Waals surface area contributed by atoms with Crippen LogP contribution in [0.25, 0.3) is 21.5 Å². The Morgan fingerprint density at radius 1 is 0.409 bits per heavy atom. The molecular weight excluding hydrogens is 614 g/mol. The van der Waals surface area contributed by atoms with Crippen LogP contribution in [0, 0.1) is 58.2 Å². The van der Waals surface area contributed by atoms with E-state index in [1.54, 1.807) is 0 Å². The van der Waals surface area contributed by atoms with E-state index in [9.17, 15) is 53.5 Å². The van der Waals surface area contributed by atoms with Crippen LogP contribution in [0.4, 0.5) is 43.9 Å². The van der Waals surface area contributed by atoms with Crippen molar-refractivity contribution in [2.75, 3.05) is 0 Å². The molecule has 0 fully saturated rings. The van der Waals surface area contributed by atoms with E-state index in [-0.39, 0.29) is 32.7 Å². The molecule has 0 aromatic heterocycles. The van der Waals surface area contributed by atoms with Gasteiger partial charge < -0.3 is 9.47 Å². The van der Waals surface area contributed by atoms with Crippen molar-refractivity contribution in [1.29, 1.82) is 0 Å². The third kappa shape index (κ3) is 4.85. The number of carbonyl (C=O) groups excluding carboxylic acids is 2. The lowest BCUT2D eigenvalue weighted by Crippen LogP contribution is -2.16. The molecule has 5 aromatic carbocycles. The van der Waals surface area contributed by atoms with E-state index in [1.807, 2.05) is 0 Å². The number of ether oxygens (including phenoxy) is 2. The lowest BCUT2D eigenvalue weighted by Gasteiger charge is -2.17. The van der Waals surface area contributed by atoms with Gasteiger partial charge in [-0.15, -0.1) is 0 Å². The van der Waals surface area contributed by atoms with Crippen molar-refractivity contribution in [3.63, 3.8) is 0 Å². The fourth-order valence-corrected chi connectivity index (χ4v) is 4.61. The van der Waals surface area contributed by atoms with Crippen LogP contribution in [0.2, 0.25) is 0 Å². The van der Waals surface area contributed by atoms with Gasteiger partial charge in [0.1, 0.15) is 24.3 Å². The Hall–Kier alpha value is -5.14. The van der Waals surface area contributed by atoms with Gasteiger partial charge in [-0.3, -0.25) is 0 Å². The molecule has 0 aliphatic rings. The van der Waals surface area contributed by atoms with Crippen LogP contribution in [0.1, 0.15) is 31.8 Å². The minimum Gasteiger partial charge on any atom is -0.457 e. The molecule has 0 saturated heterocycles. The molecule has 14 heteroatoms. The average molecular weight is 626 g/mol. The van der Waals surface area contributed by atoms with Crippen molar-refractivity contribution < 1.29 is 63.0 Å². The van der Waals surface area contributed by atoms with Crippen molar-refractivity contribution >= 4 is 33.5 Å². The zero-order chi connectivity index (χ0) is 32.0. The Morgan fingerprint density at radius 3 is 0.886 bits per heavy atom. The molecule has 0 N–H and O–H groups in total. The summed E-state index contributed by atoms with van der Waals surface area (Å²) >= 11 is 0. The molecular formula is C30H12F10O4. The largest absolute Gasteiger partial charge is 0.457 e. The first-order valence-electron chi connectivity index (χ1n) is 12.1. The quantitative estimate of drug-likeness (QED) is 0.0629. The van der Waals surface area contributed by atoms with Crippen molar-refractivity contribution in [1.82, 2.24) is 0 Å². The van der Waals surface area contributed by atoms with E-state index in [4.69, 9.17) is 9.47 Å². The molecule has 226 valence electrons. The van der Waals surface area contributed by atoms with Crippen LogP contribution >= 0.6 is 0 Å². The smallest absolute Gasteiger partial charge is 0.344 e. The highest BCUT2D eigenvalue weighted by atomic mass is 19.2. The standard InChI is InChI=1S/C30H12F10O4/c31-19-17(20(32)24(36)27(39)23(19)35)29(41)43-9-15-11-5-1-2-6-12(11)16(14-8-4-3-7-13(14)15)10-44-30(42)18-21(33)25(37)28(40)26(38)22(18)34/h1-8H,9-10H2. The number of halogens is 10. The Bertz CT molecular complexity index is 1770. The minimum atomic E-state index is -2.47. The maximum Gasteiger partial charge on any atom is 0.344 e. The molecule has 5 aromatic rings. The number of fused-ring (bicyclic) bond motifs is 2. The lowest BCUT2D eigenvalue weighted by molar-refractivity contribution is 0.0449. The molecule has 0 unspecified atom stereocenters. The second-order valence-corrected chi connectivity index (χ2v) is 9.09. The molecule has 0 spiro atoms. The zero-order valence-electron chi connectivity index (χ0n) is 21.4. The molecule has 0 bridgehead atoms. The van der Waals surface area contributed by atoms with E-state index >= 15 is 0 Å².